The van der Waals surface area contributed by atoms with E-state index in [4.69, 9.17) is 0 Å². The van der Waals surface area contributed by atoms with Crippen molar-refractivity contribution in [1.29, 1.82) is 5.26 Å². The zero-order chi connectivity index (χ0) is 21.7. The van der Waals surface area contributed by atoms with Gasteiger partial charge in [0.05, 0.1) is 11.4 Å². The van der Waals surface area contributed by atoms with E-state index in [1.165, 1.54) is 29.2 Å². The summed E-state index contributed by atoms with van der Waals surface area (Å²) < 4.78 is 0. The number of nitrogens with one attached hydrogen (secondary N) is 1. The van der Waals surface area contributed by atoms with Gasteiger partial charge in [0.2, 0.25) is 5.91 Å². The number of anilines is 3. The van der Waals surface area contributed by atoms with Crippen LogP contribution in [0.5, 0.6) is 0 Å². The lowest BCUT2D eigenvalue weighted by atomic mass is 10.1. The summed E-state index contributed by atoms with van der Waals surface area (Å²) in [5.41, 5.74) is 3.58. The Hall–Kier alpha value is -3.76. The van der Waals surface area contributed by atoms with Gasteiger partial charge in [-0.25, -0.2) is 4.98 Å². The number of rotatable bonds is 5. The lowest BCUT2D eigenvalue weighted by Gasteiger charge is -2.17. The zero-order valence-corrected chi connectivity index (χ0v) is 17.7. The number of aromatic nitrogens is 1. The number of nitriles is 1. The first-order valence-corrected chi connectivity index (χ1v) is 10.1. The molecule has 6 nitrogen and oxygen atoms in total. The molecule has 0 spiro atoms. The molecule has 3 rings (SSSR count). The minimum Gasteiger partial charge on any atom is -0.321 e. The quantitative estimate of drug-likeness (QED) is 0.469. The Morgan fingerprint density at radius 2 is 1.77 bits per heavy atom. The maximum Gasteiger partial charge on any atom is 0.266 e. The van der Waals surface area contributed by atoms with Crippen LogP contribution in [0.3, 0.4) is 0 Å². The lowest BCUT2D eigenvalue weighted by molar-refractivity contribution is -0.116. The monoisotopic (exact) mass is 416 g/mol. The molecular formula is C23H20N4O2S. The van der Waals surface area contributed by atoms with Crippen LogP contribution < -0.4 is 10.2 Å². The smallest absolute Gasteiger partial charge is 0.266 e. The van der Waals surface area contributed by atoms with Gasteiger partial charge in [-0.05, 0) is 43.2 Å². The van der Waals surface area contributed by atoms with Crippen molar-refractivity contribution in [2.24, 2.45) is 0 Å². The second kappa shape index (κ2) is 9.16. The van der Waals surface area contributed by atoms with E-state index in [1.807, 2.05) is 68.4 Å². The Morgan fingerprint density at radius 3 is 2.37 bits per heavy atom. The Bertz CT molecular complexity index is 1140. The average molecular weight is 417 g/mol. The first-order chi connectivity index (χ1) is 14.4. The number of benzene rings is 2. The Kier molecular flexibility index (Phi) is 6.40. The van der Waals surface area contributed by atoms with E-state index in [0.29, 0.717) is 22.2 Å². The minimum absolute atomic E-state index is 0.0661. The number of amides is 2. The summed E-state index contributed by atoms with van der Waals surface area (Å²) in [7, 11) is 0. The van der Waals surface area contributed by atoms with Crippen LogP contribution in [0.2, 0.25) is 0 Å². The Labute approximate surface area is 179 Å². The van der Waals surface area contributed by atoms with Crippen LogP contribution in [0.25, 0.3) is 6.08 Å². The number of hydrogen-bond acceptors (Lipinski definition) is 5. The van der Waals surface area contributed by atoms with Crippen LogP contribution in [0.15, 0.2) is 59.5 Å². The molecule has 0 radical (unpaired) electrons. The molecule has 0 saturated carbocycles. The van der Waals surface area contributed by atoms with Gasteiger partial charge < -0.3 is 5.32 Å². The molecule has 1 N–H and O–H groups in total. The molecular weight excluding hydrogens is 396 g/mol. The van der Waals surface area contributed by atoms with Gasteiger partial charge in [0.15, 0.2) is 5.13 Å². The van der Waals surface area contributed by atoms with E-state index in [2.05, 4.69) is 10.3 Å². The second-order valence-electron chi connectivity index (χ2n) is 6.64. The molecule has 2 amide bonds. The Balaban J connectivity index is 1.87. The van der Waals surface area contributed by atoms with E-state index in [0.717, 1.165) is 11.1 Å². The van der Waals surface area contributed by atoms with E-state index < -0.39 is 5.91 Å². The molecule has 0 aliphatic heterocycles. The summed E-state index contributed by atoms with van der Waals surface area (Å²) in [6.07, 6.45) is 1.42. The summed E-state index contributed by atoms with van der Waals surface area (Å²) in [6.45, 7) is 5.25. The number of para-hydroxylation sites is 2. The van der Waals surface area contributed by atoms with Crippen molar-refractivity contribution in [2.75, 3.05) is 10.2 Å². The summed E-state index contributed by atoms with van der Waals surface area (Å²) >= 11 is 1.26. The van der Waals surface area contributed by atoms with Gasteiger partial charge in [-0.15, -0.1) is 11.3 Å². The van der Waals surface area contributed by atoms with Gasteiger partial charge in [0, 0.05) is 18.0 Å². The van der Waals surface area contributed by atoms with Crippen molar-refractivity contribution in [3.8, 4) is 6.07 Å². The van der Waals surface area contributed by atoms with Crippen LogP contribution in [-0.4, -0.2) is 16.8 Å². The number of thiazole rings is 1. The van der Waals surface area contributed by atoms with Crippen LogP contribution >= 0.6 is 11.3 Å². The highest BCUT2D eigenvalue weighted by Crippen LogP contribution is 2.29. The maximum absolute atomic E-state index is 12.6. The molecule has 30 heavy (non-hydrogen) atoms. The van der Waals surface area contributed by atoms with E-state index in [-0.39, 0.29) is 11.5 Å². The number of aryl methyl sites for hydroxylation is 2. The van der Waals surface area contributed by atoms with E-state index in [9.17, 15) is 14.9 Å². The van der Waals surface area contributed by atoms with Crippen molar-refractivity contribution in [1.82, 2.24) is 4.98 Å². The molecule has 1 heterocycles. The summed E-state index contributed by atoms with van der Waals surface area (Å²) in [6, 6.07) is 16.8. The number of carbonyl (C=O) groups excluding carboxylic acids is 2. The van der Waals surface area contributed by atoms with Crippen molar-refractivity contribution < 1.29 is 9.59 Å². The molecule has 0 aliphatic rings. The predicted octanol–water partition coefficient (Wildman–Crippen LogP) is 4.99. The van der Waals surface area contributed by atoms with Crippen LogP contribution in [0.4, 0.5) is 16.5 Å². The number of hydrogen-bond donors (Lipinski definition) is 1. The maximum atomic E-state index is 12.6. The fraction of sp³-hybridized carbons (Fsp3) is 0.130. The minimum atomic E-state index is -0.504. The number of carbonyl (C=O) groups is 2. The molecule has 7 heteroatoms. The molecule has 2 aromatic carbocycles. The topological polar surface area (TPSA) is 86.1 Å². The van der Waals surface area contributed by atoms with Crippen molar-refractivity contribution in [3.63, 3.8) is 0 Å². The van der Waals surface area contributed by atoms with Crippen LogP contribution in [0, 0.1) is 25.2 Å². The molecule has 0 atom stereocenters. The number of nitrogens with zero attached hydrogens (tertiary/aromatic N) is 3. The predicted molar refractivity (Wildman–Crippen MR) is 120 cm³/mol. The zero-order valence-electron chi connectivity index (χ0n) is 16.8. The summed E-state index contributed by atoms with van der Waals surface area (Å²) in [5.74, 6) is -0.685. The highest BCUT2D eigenvalue weighted by atomic mass is 32.1. The van der Waals surface area contributed by atoms with Crippen molar-refractivity contribution in [3.05, 3.63) is 76.3 Å². The van der Waals surface area contributed by atoms with E-state index >= 15 is 0 Å². The standard InChI is InChI=1S/C23H20N4O2S/c1-15-8-7-9-16(2)21(15)26-22(29)18(13-24)12-19-14-30-23(25-19)27(17(3)28)20-10-5-4-6-11-20/h4-12,14H,1-3H3,(H,26,29)/b18-12+. The molecule has 0 fully saturated rings. The summed E-state index contributed by atoms with van der Waals surface area (Å²) in [5, 5.41) is 14.5. The van der Waals surface area contributed by atoms with Gasteiger partial charge >= 0.3 is 0 Å². The summed E-state index contributed by atoms with van der Waals surface area (Å²) in [4.78, 5) is 30.7. The second-order valence-corrected chi connectivity index (χ2v) is 7.47. The van der Waals surface area contributed by atoms with Gasteiger partial charge in [0.25, 0.3) is 5.91 Å². The highest BCUT2D eigenvalue weighted by Gasteiger charge is 2.18. The molecule has 0 unspecified atom stereocenters. The third-order valence-electron chi connectivity index (χ3n) is 4.41. The molecule has 150 valence electrons. The molecule has 0 bridgehead atoms. The first-order valence-electron chi connectivity index (χ1n) is 9.21. The van der Waals surface area contributed by atoms with Gasteiger partial charge in [-0.3, -0.25) is 14.5 Å². The fourth-order valence-corrected chi connectivity index (χ4v) is 3.78. The molecule has 0 saturated heterocycles. The normalized spacial score (nSPS) is 10.9. The third kappa shape index (κ3) is 4.62. The average Bonchev–Trinajstić information content (AvgIpc) is 3.17. The molecule has 3 aromatic rings. The van der Waals surface area contributed by atoms with Gasteiger partial charge in [0.1, 0.15) is 11.6 Å². The van der Waals surface area contributed by atoms with Crippen molar-refractivity contribution in [2.45, 2.75) is 20.8 Å². The molecule has 1 aromatic heterocycles. The fourth-order valence-electron chi connectivity index (χ4n) is 2.94. The first kappa shape index (κ1) is 21.0. The van der Waals surface area contributed by atoms with Gasteiger partial charge in [-0.2, -0.15) is 5.26 Å². The van der Waals surface area contributed by atoms with Crippen LogP contribution in [0.1, 0.15) is 23.7 Å². The van der Waals surface area contributed by atoms with Crippen LogP contribution in [-0.2, 0) is 9.59 Å². The third-order valence-corrected chi connectivity index (χ3v) is 5.25. The highest BCUT2D eigenvalue weighted by molar-refractivity contribution is 7.14. The Morgan fingerprint density at radius 1 is 1.10 bits per heavy atom. The van der Waals surface area contributed by atoms with Gasteiger partial charge in [-0.1, -0.05) is 36.4 Å². The largest absolute Gasteiger partial charge is 0.321 e. The van der Waals surface area contributed by atoms with E-state index in [1.54, 1.807) is 5.38 Å². The SMILES string of the molecule is CC(=O)N(c1ccccc1)c1nc(/C=C(\C#N)C(=O)Nc2c(C)cccc2C)cs1. The molecule has 0 aliphatic carbocycles. The van der Waals surface area contributed by atoms with Crippen molar-refractivity contribution >= 4 is 45.7 Å². The lowest BCUT2D eigenvalue weighted by Crippen LogP contribution is -2.22.